The van der Waals surface area contributed by atoms with Crippen LogP contribution in [0.25, 0.3) is 0 Å². The van der Waals surface area contributed by atoms with Gasteiger partial charge in [0.05, 0.1) is 12.1 Å². The Hall–Kier alpha value is -1.66. The molecule has 0 radical (unpaired) electrons. The van der Waals surface area contributed by atoms with Gasteiger partial charge in [-0.3, -0.25) is 4.79 Å². The van der Waals surface area contributed by atoms with Crippen molar-refractivity contribution in [3.63, 3.8) is 0 Å². The number of methoxy groups -OCH3 is 2. The summed E-state index contributed by atoms with van der Waals surface area (Å²) in [7, 11) is 2.91. The van der Waals surface area contributed by atoms with Crippen LogP contribution in [-0.2, 0) is 9.47 Å². The number of carbonyl (C=O) groups is 1. The first-order valence-electron chi connectivity index (χ1n) is 4.97. The molecule has 94 valence electrons. The molecule has 0 saturated carbocycles. The minimum atomic E-state index is -0.547. The van der Waals surface area contributed by atoms with Gasteiger partial charge in [-0.05, 0) is 18.2 Å². The molecule has 0 unspecified atom stereocenters. The summed E-state index contributed by atoms with van der Waals surface area (Å²) < 4.78 is 22.7. The van der Waals surface area contributed by atoms with Gasteiger partial charge in [-0.1, -0.05) is 0 Å². The van der Waals surface area contributed by atoms with Gasteiger partial charge in [-0.25, -0.2) is 4.39 Å². The maximum atomic E-state index is 13.0. The molecule has 5 nitrogen and oxygen atoms in total. The monoisotopic (exact) mass is 242 g/mol. The van der Waals surface area contributed by atoms with Crippen LogP contribution < -0.4 is 11.1 Å². The highest BCUT2D eigenvalue weighted by atomic mass is 19.1. The molecule has 3 N–H and O–H groups in total. The Labute approximate surface area is 98.7 Å². The molecule has 0 bridgehead atoms. The maximum Gasteiger partial charge on any atom is 0.253 e. The van der Waals surface area contributed by atoms with Crippen LogP contribution >= 0.6 is 0 Å². The average molecular weight is 242 g/mol. The average Bonchev–Trinajstić information content (AvgIpc) is 2.33. The number of hydrogen-bond acceptors (Lipinski definition) is 4. The number of carbonyl (C=O) groups excluding carboxylic acids is 1. The fraction of sp³-hybridized carbons (Fsp3) is 0.364. The smallest absolute Gasteiger partial charge is 0.253 e. The number of halogens is 1. The van der Waals surface area contributed by atoms with Crippen molar-refractivity contribution in [3.8, 4) is 0 Å². The van der Waals surface area contributed by atoms with E-state index in [0.717, 1.165) is 6.07 Å². The van der Waals surface area contributed by atoms with Gasteiger partial charge in [-0.15, -0.1) is 0 Å². The number of benzene rings is 1. The Balaban J connectivity index is 2.66. The fourth-order valence-electron chi connectivity index (χ4n) is 1.26. The number of nitrogens with two attached hydrogens (primary N) is 1. The molecule has 1 aromatic rings. The Morgan fingerprint density at radius 3 is 2.71 bits per heavy atom. The summed E-state index contributed by atoms with van der Waals surface area (Å²) in [6, 6.07) is 3.62. The molecular weight excluding hydrogens is 227 g/mol. The zero-order valence-electron chi connectivity index (χ0n) is 9.70. The summed E-state index contributed by atoms with van der Waals surface area (Å²) in [4.78, 5) is 11.7. The lowest BCUT2D eigenvalue weighted by atomic mass is 10.1. The molecule has 0 fully saturated rings. The van der Waals surface area contributed by atoms with Crippen LogP contribution in [-0.4, -0.2) is 33.0 Å². The SMILES string of the molecule is COC(CNC(=O)c1cc(F)ccc1N)OC. The van der Waals surface area contributed by atoms with Crippen molar-refractivity contribution in [3.05, 3.63) is 29.6 Å². The molecule has 17 heavy (non-hydrogen) atoms. The van der Waals surface area contributed by atoms with E-state index >= 15 is 0 Å². The van der Waals surface area contributed by atoms with Crippen molar-refractivity contribution >= 4 is 11.6 Å². The van der Waals surface area contributed by atoms with E-state index in [2.05, 4.69) is 5.32 Å². The number of nitrogens with one attached hydrogen (secondary N) is 1. The largest absolute Gasteiger partial charge is 0.398 e. The van der Waals surface area contributed by atoms with E-state index in [0.29, 0.717) is 0 Å². The zero-order valence-corrected chi connectivity index (χ0v) is 9.70. The molecule has 1 rings (SSSR count). The van der Waals surface area contributed by atoms with Gasteiger partial charge in [0, 0.05) is 19.9 Å². The molecule has 0 aliphatic heterocycles. The van der Waals surface area contributed by atoms with Crippen LogP contribution in [0.2, 0.25) is 0 Å². The van der Waals surface area contributed by atoms with E-state index < -0.39 is 18.0 Å². The number of hydrogen-bond donors (Lipinski definition) is 2. The van der Waals surface area contributed by atoms with Gasteiger partial charge >= 0.3 is 0 Å². The first kappa shape index (κ1) is 13.4. The Bertz CT molecular complexity index is 394. The highest BCUT2D eigenvalue weighted by molar-refractivity contribution is 5.99. The first-order chi connectivity index (χ1) is 8.08. The van der Waals surface area contributed by atoms with Crippen molar-refractivity contribution in [1.29, 1.82) is 0 Å². The van der Waals surface area contributed by atoms with Crippen LogP contribution in [0.15, 0.2) is 18.2 Å². The summed E-state index contributed by atoms with van der Waals surface area (Å²) in [6.07, 6.45) is -0.547. The second-order valence-corrected chi connectivity index (χ2v) is 3.34. The standard InChI is InChI=1S/C11H15FN2O3/c1-16-10(17-2)6-14-11(15)8-5-7(12)3-4-9(8)13/h3-5,10H,6,13H2,1-2H3,(H,14,15). The second kappa shape index (κ2) is 6.17. The molecule has 0 heterocycles. The van der Waals surface area contributed by atoms with Gasteiger partial charge in [0.2, 0.25) is 0 Å². The van der Waals surface area contributed by atoms with Crippen molar-refractivity contribution in [1.82, 2.24) is 5.32 Å². The van der Waals surface area contributed by atoms with E-state index in [1.165, 1.54) is 26.4 Å². The molecule has 0 atom stereocenters. The van der Waals surface area contributed by atoms with E-state index in [1.807, 2.05) is 0 Å². The minimum Gasteiger partial charge on any atom is -0.398 e. The molecule has 0 aliphatic carbocycles. The van der Waals surface area contributed by atoms with E-state index in [4.69, 9.17) is 15.2 Å². The van der Waals surface area contributed by atoms with Crippen molar-refractivity contribution < 1.29 is 18.7 Å². The Morgan fingerprint density at radius 2 is 2.12 bits per heavy atom. The van der Waals surface area contributed by atoms with E-state index in [1.54, 1.807) is 0 Å². The minimum absolute atomic E-state index is 0.0935. The van der Waals surface area contributed by atoms with E-state index in [-0.39, 0.29) is 17.8 Å². The van der Waals surface area contributed by atoms with E-state index in [9.17, 15) is 9.18 Å². The third kappa shape index (κ3) is 3.69. The number of anilines is 1. The third-order valence-corrected chi connectivity index (χ3v) is 2.22. The van der Waals surface area contributed by atoms with Crippen LogP contribution in [0.1, 0.15) is 10.4 Å². The Morgan fingerprint density at radius 1 is 1.47 bits per heavy atom. The third-order valence-electron chi connectivity index (χ3n) is 2.22. The zero-order chi connectivity index (χ0) is 12.8. The summed E-state index contributed by atoms with van der Waals surface area (Å²) in [5.41, 5.74) is 5.88. The summed E-state index contributed by atoms with van der Waals surface area (Å²) in [6.45, 7) is 0.155. The van der Waals surface area contributed by atoms with Crippen LogP contribution in [0.4, 0.5) is 10.1 Å². The molecule has 1 aromatic carbocycles. The molecule has 0 aromatic heterocycles. The normalized spacial score (nSPS) is 10.6. The van der Waals surface area contributed by atoms with Gasteiger partial charge in [0.25, 0.3) is 5.91 Å². The molecule has 6 heteroatoms. The van der Waals surface area contributed by atoms with Gasteiger partial charge < -0.3 is 20.5 Å². The second-order valence-electron chi connectivity index (χ2n) is 3.34. The predicted molar refractivity (Wildman–Crippen MR) is 61.0 cm³/mol. The number of ether oxygens (including phenoxy) is 2. The summed E-state index contributed by atoms with van der Waals surface area (Å²) in [5, 5.41) is 2.53. The lowest BCUT2D eigenvalue weighted by Gasteiger charge is -2.14. The van der Waals surface area contributed by atoms with Crippen LogP contribution in [0.5, 0.6) is 0 Å². The molecule has 0 saturated heterocycles. The van der Waals surface area contributed by atoms with Gasteiger partial charge in [0.15, 0.2) is 6.29 Å². The number of nitrogen functional groups attached to an aromatic ring is 1. The first-order valence-corrected chi connectivity index (χ1v) is 4.97. The predicted octanol–water partition coefficient (Wildman–Crippen LogP) is 0.757. The summed E-state index contributed by atoms with van der Waals surface area (Å²) in [5.74, 6) is -0.986. The van der Waals surface area contributed by atoms with Crippen LogP contribution in [0.3, 0.4) is 0 Å². The molecule has 0 spiro atoms. The lowest BCUT2D eigenvalue weighted by molar-refractivity contribution is -0.0974. The summed E-state index contributed by atoms with van der Waals surface area (Å²) >= 11 is 0. The lowest BCUT2D eigenvalue weighted by Crippen LogP contribution is -2.34. The molecule has 1 amide bonds. The number of rotatable bonds is 5. The van der Waals surface area contributed by atoms with Crippen LogP contribution in [0, 0.1) is 5.82 Å². The quantitative estimate of drug-likeness (QED) is 0.590. The van der Waals surface area contributed by atoms with Crippen molar-refractivity contribution in [2.75, 3.05) is 26.5 Å². The van der Waals surface area contributed by atoms with Gasteiger partial charge in [0.1, 0.15) is 5.82 Å². The Kier molecular flexibility index (Phi) is 4.86. The van der Waals surface area contributed by atoms with Gasteiger partial charge in [-0.2, -0.15) is 0 Å². The number of amides is 1. The van der Waals surface area contributed by atoms with Crippen molar-refractivity contribution in [2.24, 2.45) is 0 Å². The molecular formula is C11H15FN2O3. The highest BCUT2D eigenvalue weighted by Crippen LogP contribution is 2.12. The van der Waals surface area contributed by atoms with Crippen molar-refractivity contribution in [2.45, 2.75) is 6.29 Å². The molecule has 0 aliphatic rings. The maximum absolute atomic E-state index is 13.0. The highest BCUT2D eigenvalue weighted by Gasteiger charge is 2.13. The topological polar surface area (TPSA) is 73.6 Å². The fourth-order valence-corrected chi connectivity index (χ4v) is 1.26.